The molecule has 1 radical (unpaired) electrons. The minimum atomic E-state index is -1.07. The molecule has 0 aliphatic carbocycles. The average molecular weight is 73.1 g/mol. The van der Waals surface area contributed by atoms with Crippen molar-refractivity contribution in [2.24, 2.45) is 5.11 Å². The van der Waals surface area contributed by atoms with Crippen LogP contribution < -0.4 is 0 Å². The lowest BCUT2D eigenvalue weighted by molar-refractivity contribution is 0.219. The molecule has 0 aromatic carbocycles. The van der Waals surface area contributed by atoms with Crippen LogP contribution in [0.25, 0.3) is 0 Å². The zero-order chi connectivity index (χ0) is 4.28. The largest absolute Gasteiger partial charge is 0.370 e. The lowest BCUT2D eigenvalue weighted by Gasteiger charge is -1.82. The fourth-order valence-electron chi connectivity index (χ4n) is 0. The van der Waals surface area contributed by atoms with Crippen molar-refractivity contribution < 1.29 is 5.11 Å². The first-order valence-electron chi connectivity index (χ1n) is 1.15. The van der Waals surface area contributed by atoms with Gasteiger partial charge in [-0.25, -0.2) is 5.53 Å². The summed E-state index contributed by atoms with van der Waals surface area (Å²) >= 11 is 0. The average Bonchev–Trinajstić information content (AvgIpc) is 1.38. The van der Waals surface area contributed by atoms with Gasteiger partial charge in [-0.15, -0.1) is 0 Å². The first-order valence-corrected chi connectivity index (χ1v) is 1.15. The Hall–Kier alpha value is -0.440. The Morgan fingerprint density at radius 3 is 2.20 bits per heavy atom. The first kappa shape index (κ1) is 4.56. The zero-order valence-corrected chi connectivity index (χ0v) is 2.68. The zero-order valence-electron chi connectivity index (χ0n) is 2.68. The SMILES string of the molecule is [CH2]C(O)N=N. The van der Waals surface area contributed by atoms with Gasteiger partial charge < -0.3 is 5.11 Å². The maximum absolute atomic E-state index is 7.90. The van der Waals surface area contributed by atoms with Gasteiger partial charge in [-0.05, 0) is 6.92 Å². The molecule has 0 saturated heterocycles. The second-order valence-corrected chi connectivity index (χ2v) is 0.610. The fraction of sp³-hybridized carbons (Fsp3) is 0.500. The van der Waals surface area contributed by atoms with E-state index in [0.717, 1.165) is 0 Å². The molecular formula is C2H5N2O. The lowest BCUT2D eigenvalue weighted by atomic mass is 10.7. The standard InChI is InChI=1S/C2H5N2O/c1-2(5)4-3/h2-3,5H,1H2. The second-order valence-electron chi connectivity index (χ2n) is 0.610. The summed E-state index contributed by atoms with van der Waals surface area (Å²) in [4.78, 5) is 0. The third-order valence-corrected chi connectivity index (χ3v) is 0.149. The van der Waals surface area contributed by atoms with Crippen LogP contribution >= 0.6 is 0 Å². The fourth-order valence-corrected chi connectivity index (χ4v) is 0. The van der Waals surface area contributed by atoms with Gasteiger partial charge in [0.1, 0.15) is 0 Å². The molecule has 0 aromatic heterocycles. The molecule has 0 saturated carbocycles. The Balaban J connectivity index is 2.83. The van der Waals surface area contributed by atoms with E-state index in [1.54, 1.807) is 0 Å². The molecule has 0 fully saturated rings. The van der Waals surface area contributed by atoms with E-state index < -0.39 is 6.23 Å². The van der Waals surface area contributed by atoms with E-state index >= 15 is 0 Å². The Bertz CT molecular complexity index is 34.6. The highest BCUT2D eigenvalue weighted by Gasteiger charge is 1.78. The predicted molar refractivity (Wildman–Crippen MR) is 16.5 cm³/mol. The molecular weight excluding hydrogens is 68.0 g/mol. The van der Waals surface area contributed by atoms with E-state index in [1.165, 1.54) is 0 Å². The summed E-state index contributed by atoms with van der Waals surface area (Å²) in [6.07, 6.45) is -1.07. The number of rotatable bonds is 1. The van der Waals surface area contributed by atoms with Crippen LogP contribution in [0, 0.1) is 12.5 Å². The molecule has 3 nitrogen and oxygen atoms in total. The summed E-state index contributed by atoms with van der Waals surface area (Å²) in [5.41, 5.74) is 5.97. The van der Waals surface area contributed by atoms with Crippen LogP contribution in [0.4, 0.5) is 0 Å². The summed E-state index contributed by atoms with van der Waals surface area (Å²) in [6.45, 7) is 2.96. The van der Waals surface area contributed by atoms with E-state index in [0.29, 0.717) is 0 Å². The van der Waals surface area contributed by atoms with Gasteiger partial charge in [0, 0.05) is 0 Å². The molecule has 29 valence electrons. The molecule has 0 rings (SSSR count). The van der Waals surface area contributed by atoms with Crippen LogP contribution in [0.3, 0.4) is 0 Å². The molecule has 1 atom stereocenters. The van der Waals surface area contributed by atoms with Crippen molar-refractivity contribution >= 4 is 0 Å². The monoisotopic (exact) mass is 73.0 g/mol. The van der Waals surface area contributed by atoms with Crippen molar-refractivity contribution in [3.63, 3.8) is 0 Å². The van der Waals surface area contributed by atoms with Crippen LogP contribution in [0.1, 0.15) is 0 Å². The van der Waals surface area contributed by atoms with E-state index in [-0.39, 0.29) is 0 Å². The number of nitrogens with one attached hydrogen (secondary N) is 1. The van der Waals surface area contributed by atoms with Crippen LogP contribution in [0.5, 0.6) is 0 Å². The van der Waals surface area contributed by atoms with E-state index in [9.17, 15) is 0 Å². The van der Waals surface area contributed by atoms with Gasteiger partial charge in [0.15, 0.2) is 6.23 Å². The van der Waals surface area contributed by atoms with E-state index in [1.807, 2.05) is 0 Å². The number of aliphatic hydroxyl groups excluding tert-OH is 1. The molecule has 0 aromatic rings. The van der Waals surface area contributed by atoms with Crippen molar-refractivity contribution in [2.45, 2.75) is 6.23 Å². The van der Waals surface area contributed by atoms with Gasteiger partial charge >= 0.3 is 0 Å². The summed E-state index contributed by atoms with van der Waals surface area (Å²) in [6, 6.07) is 0. The topological polar surface area (TPSA) is 56.4 Å². The highest BCUT2D eigenvalue weighted by atomic mass is 16.3. The van der Waals surface area contributed by atoms with Gasteiger partial charge in [0.25, 0.3) is 0 Å². The quantitative estimate of drug-likeness (QED) is 0.427. The van der Waals surface area contributed by atoms with E-state index in [2.05, 4.69) is 12.0 Å². The van der Waals surface area contributed by atoms with Crippen molar-refractivity contribution in [3.05, 3.63) is 6.92 Å². The normalized spacial score (nSPS) is 14.0. The van der Waals surface area contributed by atoms with Crippen LogP contribution in [-0.2, 0) is 0 Å². The molecule has 0 amide bonds. The molecule has 3 heteroatoms. The second kappa shape index (κ2) is 1.84. The van der Waals surface area contributed by atoms with Crippen LogP contribution in [0.15, 0.2) is 5.11 Å². The third-order valence-electron chi connectivity index (χ3n) is 0.149. The molecule has 0 bridgehead atoms. The Morgan fingerprint density at radius 1 is 2.00 bits per heavy atom. The van der Waals surface area contributed by atoms with E-state index in [4.69, 9.17) is 10.6 Å². The van der Waals surface area contributed by atoms with Gasteiger partial charge in [-0.2, -0.15) is 5.11 Å². The molecule has 1 unspecified atom stereocenters. The van der Waals surface area contributed by atoms with Crippen molar-refractivity contribution in [1.82, 2.24) is 0 Å². The van der Waals surface area contributed by atoms with Gasteiger partial charge in [0.2, 0.25) is 0 Å². The summed E-state index contributed by atoms with van der Waals surface area (Å²) in [5.74, 6) is 0. The van der Waals surface area contributed by atoms with Crippen molar-refractivity contribution in [1.29, 1.82) is 5.53 Å². The van der Waals surface area contributed by atoms with Gasteiger partial charge in [0.05, 0.1) is 0 Å². The van der Waals surface area contributed by atoms with Gasteiger partial charge in [-0.1, -0.05) is 0 Å². The highest BCUT2D eigenvalue weighted by molar-refractivity contribution is 4.42. The number of nitrogens with zero attached hydrogens (tertiary/aromatic N) is 1. The van der Waals surface area contributed by atoms with Crippen LogP contribution in [-0.4, -0.2) is 11.3 Å². The summed E-state index contributed by atoms with van der Waals surface area (Å²) < 4.78 is 0. The molecule has 5 heavy (non-hydrogen) atoms. The Morgan fingerprint density at radius 2 is 2.20 bits per heavy atom. The minimum Gasteiger partial charge on any atom is -0.370 e. The first-order chi connectivity index (χ1) is 2.27. The summed E-state index contributed by atoms with van der Waals surface area (Å²) in [7, 11) is 0. The summed E-state index contributed by atoms with van der Waals surface area (Å²) in [5, 5.41) is 10.5. The Labute approximate surface area is 30.1 Å². The smallest absolute Gasteiger partial charge is 0.165 e. The highest BCUT2D eigenvalue weighted by Crippen LogP contribution is 1.72. The minimum absolute atomic E-state index is 1.07. The third kappa shape index (κ3) is 3.56. The predicted octanol–water partition coefficient (Wildman–Crippen LogP) is 0.170. The van der Waals surface area contributed by atoms with Crippen molar-refractivity contribution in [3.8, 4) is 0 Å². The van der Waals surface area contributed by atoms with Gasteiger partial charge in [-0.3, -0.25) is 0 Å². The molecule has 0 aliphatic heterocycles. The maximum Gasteiger partial charge on any atom is 0.165 e. The molecule has 0 aliphatic rings. The molecule has 0 spiro atoms. The number of aliphatic hydroxyl groups is 1. The number of hydrogen-bond donors (Lipinski definition) is 2. The molecule has 2 N–H and O–H groups in total. The maximum atomic E-state index is 7.90. The number of hydrogen-bond acceptors (Lipinski definition) is 3. The van der Waals surface area contributed by atoms with Crippen molar-refractivity contribution in [2.75, 3.05) is 0 Å². The van der Waals surface area contributed by atoms with Crippen LogP contribution in [0.2, 0.25) is 0 Å². The lowest BCUT2D eigenvalue weighted by Crippen LogP contribution is -1.89. The molecule has 0 heterocycles. The Kier molecular flexibility index (Phi) is 1.68.